The molecule has 0 heterocycles. The lowest BCUT2D eigenvalue weighted by Crippen LogP contribution is -2.05. The van der Waals surface area contributed by atoms with Crippen LogP contribution in [0.2, 0.25) is 0 Å². The van der Waals surface area contributed by atoms with Gasteiger partial charge in [-0.3, -0.25) is 0 Å². The van der Waals surface area contributed by atoms with Gasteiger partial charge in [-0.2, -0.15) is 0 Å². The standard InChI is InChI=1S/C60H104Br2O4/c1-5-9-13-17-21-25-29-33-37-41-45-63-57-49-53(55(61)51-59(57)65-47-43-39-35-31-27-23-19-15-11-7-3)54-50-58(64-46-42-38-34-30-26-22-18-14-10-6-2)60(52-56(54)62)66-48-44-40-36-32-28-24-20-16-12-8-4/h49-52H,5-48H2,1-4H3. The van der Waals surface area contributed by atoms with E-state index in [1.807, 2.05) is 0 Å². The average molecular weight is 1050 g/mol. The minimum atomic E-state index is 0.701. The predicted octanol–water partition coefficient (Wildman–Crippen LogP) is 22.1. The Hall–Kier alpha value is -1.40. The van der Waals surface area contributed by atoms with E-state index in [0.29, 0.717) is 26.4 Å². The Labute approximate surface area is 426 Å². The highest BCUT2D eigenvalue weighted by Crippen LogP contribution is 2.45. The number of halogens is 2. The fourth-order valence-corrected chi connectivity index (χ4v) is 10.1. The molecule has 0 aliphatic heterocycles. The van der Waals surface area contributed by atoms with E-state index in [-0.39, 0.29) is 0 Å². The van der Waals surface area contributed by atoms with Crippen molar-refractivity contribution in [1.29, 1.82) is 0 Å². The van der Waals surface area contributed by atoms with Crippen molar-refractivity contribution in [1.82, 2.24) is 0 Å². The minimum Gasteiger partial charge on any atom is -0.490 e. The van der Waals surface area contributed by atoms with Crippen LogP contribution in [0.4, 0.5) is 0 Å². The summed E-state index contributed by atoms with van der Waals surface area (Å²) in [6.07, 6.45) is 52.5. The molecule has 2 aromatic carbocycles. The summed E-state index contributed by atoms with van der Waals surface area (Å²) >= 11 is 7.96. The number of benzene rings is 2. The average Bonchev–Trinajstić information content (AvgIpc) is 3.32. The highest BCUT2D eigenvalue weighted by Gasteiger charge is 2.19. The molecule has 0 aromatic heterocycles. The van der Waals surface area contributed by atoms with Crippen LogP contribution in [0.5, 0.6) is 23.0 Å². The van der Waals surface area contributed by atoms with Crippen LogP contribution in [-0.2, 0) is 0 Å². The minimum absolute atomic E-state index is 0.701. The smallest absolute Gasteiger partial charge is 0.162 e. The third kappa shape index (κ3) is 31.7. The van der Waals surface area contributed by atoms with Gasteiger partial charge in [0.1, 0.15) is 0 Å². The molecule has 0 N–H and O–H groups in total. The zero-order valence-electron chi connectivity index (χ0n) is 43.8. The van der Waals surface area contributed by atoms with Crippen molar-refractivity contribution in [3.63, 3.8) is 0 Å². The molecule has 0 unspecified atom stereocenters. The van der Waals surface area contributed by atoms with Crippen LogP contribution in [0.25, 0.3) is 11.1 Å². The second-order valence-electron chi connectivity index (χ2n) is 19.7. The molecule has 0 amide bonds. The monoisotopic (exact) mass is 1050 g/mol. The SMILES string of the molecule is CCCCCCCCCCCCOc1cc(Br)c(-c2cc(OCCCCCCCCCCCC)c(OCCCCCCCCCCCC)cc2Br)cc1OCCCCCCCCCCCC. The van der Waals surface area contributed by atoms with Crippen molar-refractivity contribution < 1.29 is 18.9 Å². The van der Waals surface area contributed by atoms with Gasteiger partial charge >= 0.3 is 0 Å². The van der Waals surface area contributed by atoms with E-state index in [0.717, 1.165) is 68.8 Å². The van der Waals surface area contributed by atoms with Gasteiger partial charge in [-0.1, -0.05) is 291 Å². The van der Waals surface area contributed by atoms with Crippen LogP contribution in [0.15, 0.2) is 33.2 Å². The number of rotatable bonds is 49. The van der Waals surface area contributed by atoms with Crippen molar-refractivity contribution in [2.75, 3.05) is 26.4 Å². The summed E-state index contributed by atoms with van der Waals surface area (Å²) in [5, 5.41) is 0. The van der Waals surface area contributed by atoms with Gasteiger partial charge in [0.2, 0.25) is 0 Å². The second-order valence-corrected chi connectivity index (χ2v) is 21.4. The van der Waals surface area contributed by atoms with Gasteiger partial charge in [0.15, 0.2) is 23.0 Å². The van der Waals surface area contributed by atoms with Crippen LogP contribution in [0.3, 0.4) is 0 Å². The quantitative estimate of drug-likeness (QED) is 0.0619. The Morgan fingerprint density at radius 3 is 0.606 bits per heavy atom. The third-order valence-electron chi connectivity index (χ3n) is 13.4. The first-order valence-electron chi connectivity index (χ1n) is 28.7. The first kappa shape index (κ1) is 60.7. The topological polar surface area (TPSA) is 36.9 Å². The molecule has 0 fully saturated rings. The Bertz CT molecular complexity index is 1280. The van der Waals surface area contributed by atoms with Gasteiger partial charge in [0.05, 0.1) is 26.4 Å². The molecule has 4 nitrogen and oxygen atoms in total. The maximum absolute atomic E-state index is 6.62. The molecule has 0 radical (unpaired) electrons. The second kappa shape index (κ2) is 44.8. The normalized spacial score (nSPS) is 11.4. The zero-order valence-corrected chi connectivity index (χ0v) is 47.0. The van der Waals surface area contributed by atoms with E-state index in [4.69, 9.17) is 18.9 Å². The maximum Gasteiger partial charge on any atom is 0.162 e. The molecule has 0 spiro atoms. The molecule has 66 heavy (non-hydrogen) atoms. The van der Waals surface area contributed by atoms with Gasteiger partial charge in [-0.15, -0.1) is 0 Å². The summed E-state index contributed by atoms with van der Waals surface area (Å²) in [6, 6.07) is 8.63. The van der Waals surface area contributed by atoms with Crippen LogP contribution in [-0.4, -0.2) is 26.4 Å². The molecule has 0 bridgehead atoms. The van der Waals surface area contributed by atoms with Crippen LogP contribution in [0.1, 0.15) is 285 Å². The summed E-state index contributed by atoms with van der Waals surface area (Å²) < 4.78 is 28.3. The fourth-order valence-electron chi connectivity index (χ4n) is 9.02. The first-order chi connectivity index (χ1) is 32.5. The fraction of sp³-hybridized carbons (Fsp3) is 0.800. The van der Waals surface area contributed by atoms with Gasteiger partial charge in [0.25, 0.3) is 0 Å². The van der Waals surface area contributed by atoms with Crippen molar-refractivity contribution in [2.45, 2.75) is 285 Å². The lowest BCUT2D eigenvalue weighted by Gasteiger charge is -2.19. The highest BCUT2D eigenvalue weighted by atomic mass is 79.9. The van der Waals surface area contributed by atoms with Crippen LogP contribution < -0.4 is 18.9 Å². The lowest BCUT2D eigenvalue weighted by molar-refractivity contribution is 0.258. The van der Waals surface area contributed by atoms with Gasteiger partial charge in [-0.25, -0.2) is 0 Å². The van der Waals surface area contributed by atoms with Crippen molar-refractivity contribution >= 4 is 31.9 Å². The molecule has 0 aliphatic rings. The number of ether oxygens (including phenoxy) is 4. The Morgan fingerprint density at radius 1 is 0.242 bits per heavy atom. The Morgan fingerprint density at radius 2 is 0.409 bits per heavy atom. The largest absolute Gasteiger partial charge is 0.490 e. The van der Waals surface area contributed by atoms with Crippen molar-refractivity contribution in [3.8, 4) is 34.1 Å². The summed E-state index contributed by atoms with van der Waals surface area (Å²) in [5.41, 5.74) is 2.13. The number of hydrogen-bond acceptors (Lipinski definition) is 4. The predicted molar refractivity (Wildman–Crippen MR) is 297 cm³/mol. The van der Waals surface area contributed by atoms with Crippen molar-refractivity contribution in [2.24, 2.45) is 0 Å². The van der Waals surface area contributed by atoms with E-state index in [9.17, 15) is 0 Å². The molecule has 0 saturated carbocycles. The third-order valence-corrected chi connectivity index (χ3v) is 14.7. The van der Waals surface area contributed by atoms with E-state index >= 15 is 0 Å². The van der Waals surface area contributed by atoms with Crippen LogP contribution in [0, 0.1) is 0 Å². The Kier molecular flexibility index (Phi) is 41.2. The van der Waals surface area contributed by atoms with E-state index in [2.05, 4.69) is 83.8 Å². The number of unbranched alkanes of at least 4 members (excludes halogenated alkanes) is 36. The molecule has 2 rings (SSSR count). The summed E-state index contributed by atoms with van der Waals surface area (Å²) in [6.45, 7) is 12.0. The first-order valence-corrected chi connectivity index (χ1v) is 30.3. The lowest BCUT2D eigenvalue weighted by atomic mass is 10.0. The van der Waals surface area contributed by atoms with Gasteiger partial charge < -0.3 is 18.9 Å². The Balaban J connectivity index is 2.13. The zero-order chi connectivity index (χ0) is 47.4. The molecular formula is C60H104Br2O4. The molecule has 0 atom stereocenters. The summed E-state index contributed by atoms with van der Waals surface area (Å²) in [5.74, 6) is 3.33. The molecule has 2 aromatic rings. The maximum atomic E-state index is 6.62. The van der Waals surface area contributed by atoms with Gasteiger partial charge in [-0.05, 0) is 49.9 Å². The molecular weight excluding hydrogens is 944 g/mol. The van der Waals surface area contributed by atoms with E-state index < -0.39 is 0 Å². The van der Waals surface area contributed by atoms with Crippen molar-refractivity contribution in [3.05, 3.63) is 33.2 Å². The van der Waals surface area contributed by atoms with E-state index in [1.54, 1.807) is 0 Å². The highest BCUT2D eigenvalue weighted by molar-refractivity contribution is 9.11. The van der Waals surface area contributed by atoms with E-state index in [1.165, 1.54) is 231 Å². The summed E-state index contributed by atoms with van der Waals surface area (Å²) in [7, 11) is 0. The number of hydrogen-bond donors (Lipinski definition) is 0. The molecule has 0 saturated heterocycles. The van der Waals surface area contributed by atoms with Crippen LogP contribution >= 0.6 is 31.9 Å². The molecule has 382 valence electrons. The molecule has 0 aliphatic carbocycles. The summed E-state index contributed by atoms with van der Waals surface area (Å²) in [4.78, 5) is 0. The molecule has 6 heteroatoms. The van der Waals surface area contributed by atoms with Gasteiger partial charge in [0, 0.05) is 20.1 Å².